The molecule has 0 radical (unpaired) electrons. The number of aromatic nitrogens is 3. The van der Waals surface area contributed by atoms with Gasteiger partial charge in [-0.15, -0.1) is 0 Å². The number of hydrogen-bond donors (Lipinski definition) is 2. The molecule has 2 rings (SSSR count). The van der Waals surface area contributed by atoms with Crippen LogP contribution in [-0.4, -0.2) is 22.1 Å². The molecule has 0 spiro atoms. The van der Waals surface area contributed by atoms with Gasteiger partial charge in [-0.25, -0.2) is 0 Å². The van der Waals surface area contributed by atoms with Gasteiger partial charge < -0.3 is 15.8 Å². The van der Waals surface area contributed by atoms with Gasteiger partial charge in [0.2, 0.25) is 11.9 Å². The van der Waals surface area contributed by atoms with Crippen molar-refractivity contribution in [2.24, 2.45) is 0 Å². The summed E-state index contributed by atoms with van der Waals surface area (Å²) in [6.07, 6.45) is -4.45. The van der Waals surface area contributed by atoms with Crippen LogP contribution < -0.4 is 15.8 Å². The number of nitrogen functional groups attached to an aromatic ring is 1. The number of benzene rings is 1. The molecule has 0 saturated carbocycles. The monoisotopic (exact) mass is 363 g/mol. The first-order valence-corrected chi connectivity index (χ1v) is 6.28. The molecule has 0 amide bonds. The summed E-state index contributed by atoms with van der Waals surface area (Å²) in [5.74, 6) is -0.146. The summed E-state index contributed by atoms with van der Waals surface area (Å²) in [6.45, 7) is 0. The number of halogens is 4. The van der Waals surface area contributed by atoms with Crippen molar-refractivity contribution in [3.05, 3.63) is 28.2 Å². The van der Waals surface area contributed by atoms with E-state index in [4.69, 9.17) is 10.5 Å². The number of ether oxygens (including phenoxy) is 1. The van der Waals surface area contributed by atoms with Gasteiger partial charge in [0.15, 0.2) is 0 Å². The third-order valence-electron chi connectivity index (χ3n) is 2.35. The van der Waals surface area contributed by atoms with Gasteiger partial charge in [-0.1, -0.05) is 0 Å². The summed E-state index contributed by atoms with van der Waals surface area (Å²) in [4.78, 5) is 11.3. The predicted molar refractivity (Wildman–Crippen MR) is 73.2 cm³/mol. The van der Waals surface area contributed by atoms with Crippen LogP contribution in [0, 0.1) is 0 Å². The molecule has 0 fully saturated rings. The first-order chi connectivity index (χ1) is 9.79. The van der Waals surface area contributed by atoms with Crippen molar-refractivity contribution in [2.75, 3.05) is 18.2 Å². The van der Waals surface area contributed by atoms with E-state index < -0.39 is 11.7 Å². The van der Waals surface area contributed by atoms with E-state index in [0.29, 0.717) is 4.47 Å². The van der Waals surface area contributed by atoms with Gasteiger partial charge >= 0.3 is 12.2 Å². The number of nitrogens with zero attached hydrogens (tertiary/aromatic N) is 3. The van der Waals surface area contributed by atoms with Gasteiger partial charge in [-0.2, -0.15) is 28.1 Å². The highest BCUT2D eigenvalue weighted by Crippen LogP contribution is 2.34. The molecule has 1 heterocycles. The molecule has 10 heteroatoms. The van der Waals surface area contributed by atoms with Crippen LogP contribution >= 0.6 is 15.9 Å². The van der Waals surface area contributed by atoms with Crippen LogP contribution in [0.25, 0.3) is 0 Å². The highest BCUT2D eigenvalue weighted by Gasteiger charge is 2.31. The number of nitrogens with one attached hydrogen (secondary N) is 1. The summed E-state index contributed by atoms with van der Waals surface area (Å²) in [5, 5.41) is 2.63. The van der Waals surface area contributed by atoms with Crippen LogP contribution in [0.5, 0.6) is 6.01 Å². The van der Waals surface area contributed by atoms with Crippen LogP contribution in [0.3, 0.4) is 0 Å². The van der Waals surface area contributed by atoms with Gasteiger partial charge in [0.25, 0.3) is 0 Å². The lowest BCUT2D eigenvalue weighted by Gasteiger charge is -2.12. The van der Waals surface area contributed by atoms with Crippen molar-refractivity contribution in [1.82, 2.24) is 15.0 Å². The molecule has 0 aliphatic carbocycles. The summed E-state index contributed by atoms with van der Waals surface area (Å²) in [7, 11) is 1.33. The van der Waals surface area contributed by atoms with E-state index in [1.165, 1.54) is 13.2 Å². The van der Waals surface area contributed by atoms with Gasteiger partial charge in [-0.05, 0) is 34.1 Å². The van der Waals surface area contributed by atoms with E-state index in [9.17, 15) is 13.2 Å². The molecule has 21 heavy (non-hydrogen) atoms. The fourth-order valence-electron chi connectivity index (χ4n) is 1.44. The third kappa shape index (κ3) is 3.72. The zero-order chi connectivity index (χ0) is 15.6. The average Bonchev–Trinajstić information content (AvgIpc) is 2.39. The second-order valence-corrected chi connectivity index (χ2v) is 4.68. The summed E-state index contributed by atoms with van der Waals surface area (Å²) >= 11 is 3.15. The van der Waals surface area contributed by atoms with Gasteiger partial charge in [-0.3, -0.25) is 0 Å². The molecule has 3 N–H and O–H groups in total. The Morgan fingerprint density at radius 2 is 1.95 bits per heavy atom. The Balaban J connectivity index is 2.37. The smallest absolute Gasteiger partial charge is 0.416 e. The van der Waals surface area contributed by atoms with E-state index in [-0.39, 0.29) is 23.6 Å². The number of nitrogens with two attached hydrogens (primary N) is 1. The van der Waals surface area contributed by atoms with E-state index in [2.05, 4.69) is 36.2 Å². The number of methoxy groups -OCH3 is 1. The molecular formula is C11H9BrF3N5O. The normalized spacial score (nSPS) is 11.3. The lowest BCUT2D eigenvalue weighted by molar-refractivity contribution is -0.137. The summed E-state index contributed by atoms with van der Waals surface area (Å²) in [6, 6.07) is 3.11. The molecule has 0 aliphatic heterocycles. The minimum Gasteiger partial charge on any atom is -0.467 e. The fraction of sp³-hybridized carbons (Fsp3) is 0.182. The summed E-state index contributed by atoms with van der Waals surface area (Å²) in [5.41, 5.74) is 4.78. The first-order valence-electron chi connectivity index (χ1n) is 5.49. The lowest BCUT2D eigenvalue weighted by Crippen LogP contribution is -2.08. The van der Waals surface area contributed by atoms with E-state index >= 15 is 0 Å². The molecule has 0 unspecified atom stereocenters. The molecule has 2 aromatic rings. The van der Waals surface area contributed by atoms with Crippen LogP contribution in [-0.2, 0) is 6.18 Å². The molecular weight excluding hydrogens is 355 g/mol. The maximum Gasteiger partial charge on any atom is 0.416 e. The number of hydrogen-bond acceptors (Lipinski definition) is 6. The first kappa shape index (κ1) is 15.3. The third-order valence-corrected chi connectivity index (χ3v) is 3.05. The molecule has 0 aliphatic rings. The van der Waals surface area contributed by atoms with Crippen molar-refractivity contribution in [3.63, 3.8) is 0 Å². The Bertz CT molecular complexity index is 665. The zero-order valence-electron chi connectivity index (χ0n) is 10.6. The molecule has 1 aromatic carbocycles. The second-order valence-electron chi connectivity index (χ2n) is 3.82. The average molecular weight is 364 g/mol. The number of anilines is 3. The van der Waals surface area contributed by atoms with E-state index in [0.717, 1.165) is 12.1 Å². The molecule has 0 atom stereocenters. The molecule has 6 nitrogen and oxygen atoms in total. The lowest BCUT2D eigenvalue weighted by atomic mass is 10.2. The van der Waals surface area contributed by atoms with E-state index in [1.807, 2.05) is 0 Å². The summed E-state index contributed by atoms with van der Waals surface area (Å²) < 4.78 is 43.3. The van der Waals surface area contributed by atoms with Gasteiger partial charge in [0.05, 0.1) is 18.4 Å². The Morgan fingerprint density at radius 1 is 1.24 bits per heavy atom. The Hall–Kier alpha value is -2.10. The predicted octanol–water partition coefficient (Wildman–Crippen LogP) is 2.99. The largest absolute Gasteiger partial charge is 0.467 e. The Labute approximate surface area is 125 Å². The zero-order valence-corrected chi connectivity index (χ0v) is 12.2. The maximum absolute atomic E-state index is 12.7. The van der Waals surface area contributed by atoms with Crippen LogP contribution in [0.2, 0.25) is 0 Å². The van der Waals surface area contributed by atoms with Crippen molar-refractivity contribution in [1.29, 1.82) is 0 Å². The minimum atomic E-state index is -4.45. The van der Waals surface area contributed by atoms with E-state index in [1.54, 1.807) is 0 Å². The van der Waals surface area contributed by atoms with Crippen LogP contribution in [0.15, 0.2) is 22.7 Å². The van der Waals surface area contributed by atoms with Crippen molar-refractivity contribution < 1.29 is 17.9 Å². The minimum absolute atomic E-state index is 0.0284. The topological polar surface area (TPSA) is 86.0 Å². The molecule has 112 valence electrons. The highest BCUT2D eigenvalue weighted by atomic mass is 79.9. The van der Waals surface area contributed by atoms with Crippen molar-refractivity contribution in [3.8, 4) is 6.01 Å². The molecule has 0 bridgehead atoms. The van der Waals surface area contributed by atoms with Crippen molar-refractivity contribution >= 4 is 33.5 Å². The Kier molecular flexibility index (Phi) is 4.16. The SMILES string of the molecule is COc1nc(N)nc(Nc2cc(C(F)(F)F)ccc2Br)n1. The quantitative estimate of drug-likeness (QED) is 0.871. The van der Waals surface area contributed by atoms with Gasteiger partial charge in [0.1, 0.15) is 0 Å². The standard InChI is InChI=1S/C11H9BrF3N5O/c1-21-10-19-8(16)18-9(20-10)17-7-4-5(11(13,14)15)2-3-6(7)12/h2-4H,1H3,(H3,16,17,18,19,20). The van der Waals surface area contributed by atoms with Crippen molar-refractivity contribution in [2.45, 2.75) is 6.18 Å². The van der Waals surface area contributed by atoms with Crippen LogP contribution in [0.1, 0.15) is 5.56 Å². The second kappa shape index (κ2) is 5.72. The highest BCUT2D eigenvalue weighted by molar-refractivity contribution is 9.10. The molecule has 0 saturated heterocycles. The molecule has 1 aromatic heterocycles. The number of rotatable bonds is 3. The maximum atomic E-state index is 12.7. The van der Waals surface area contributed by atoms with Crippen LogP contribution in [0.4, 0.5) is 30.8 Å². The number of alkyl halides is 3. The fourth-order valence-corrected chi connectivity index (χ4v) is 1.78. The van der Waals surface area contributed by atoms with Gasteiger partial charge in [0, 0.05) is 4.47 Å². The Morgan fingerprint density at radius 3 is 2.57 bits per heavy atom.